The summed E-state index contributed by atoms with van der Waals surface area (Å²) in [5.41, 5.74) is 4.34. The number of hydrogen-bond acceptors (Lipinski definition) is 3. The highest BCUT2D eigenvalue weighted by atomic mass is 127. The zero-order chi connectivity index (χ0) is 20.2. The van der Waals surface area contributed by atoms with Crippen molar-refractivity contribution in [3.05, 3.63) is 65.9 Å². The summed E-state index contributed by atoms with van der Waals surface area (Å²) in [4.78, 5) is 13.7. The maximum absolute atomic E-state index is 13.1. The zero-order valence-corrected chi connectivity index (χ0v) is 19.7. The third kappa shape index (κ3) is 5.03. The van der Waals surface area contributed by atoms with E-state index in [2.05, 4.69) is 43.7 Å². The van der Waals surface area contributed by atoms with E-state index < -0.39 is 0 Å². The van der Waals surface area contributed by atoms with Gasteiger partial charge in [-0.15, -0.1) is 24.0 Å². The number of halogens is 2. The summed E-state index contributed by atoms with van der Waals surface area (Å²) >= 11 is 0. The van der Waals surface area contributed by atoms with Crippen molar-refractivity contribution in [2.24, 2.45) is 4.99 Å². The van der Waals surface area contributed by atoms with E-state index in [9.17, 15) is 4.39 Å². The first kappa shape index (κ1) is 22.3. The van der Waals surface area contributed by atoms with Crippen LogP contribution in [0.2, 0.25) is 0 Å². The highest BCUT2D eigenvalue weighted by Gasteiger charge is 2.19. The summed E-state index contributed by atoms with van der Waals surface area (Å²) in [5.74, 6) is 0.724. The lowest BCUT2D eigenvalue weighted by Gasteiger charge is -2.37. The van der Waals surface area contributed by atoms with E-state index in [1.165, 1.54) is 17.7 Å². The van der Waals surface area contributed by atoms with Gasteiger partial charge in [-0.3, -0.25) is 4.99 Å². The third-order valence-corrected chi connectivity index (χ3v) is 5.37. The van der Waals surface area contributed by atoms with Gasteiger partial charge in [0, 0.05) is 64.3 Å². The van der Waals surface area contributed by atoms with Gasteiger partial charge < -0.3 is 19.5 Å². The number of guanidine groups is 1. The molecule has 3 heterocycles. The van der Waals surface area contributed by atoms with Crippen molar-refractivity contribution >= 4 is 41.3 Å². The van der Waals surface area contributed by atoms with Crippen LogP contribution >= 0.6 is 24.0 Å². The molecular weight excluding hydrogens is 494 g/mol. The van der Waals surface area contributed by atoms with E-state index >= 15 is 0 Å². The van der Waals surface area contributed by atoms with Gasteiger partial charge in [0.1, 0.15) is 11.5 Å². The molecule has 0 atom stereocenters. The number of imidazole rings is 1. The number of pyridine rings is 1. The Bertz CT molecular complexity index is 993. The van der Waals surface area contributed by atoms with Crippen LogP contribution in [-0.4, -0.2) is 60.0 Å². The van der Waals surface area contributed by atoms with E-state index in [1.54, 1.807) is 0 Å². The van der Waals surface area contributed by atoms with Crippen LogP contribution in [0.25, 0.3) is 5.65 Å². The van der Waals surface area contributed by atoms with E-state index in [0.717, 1.165) is 62.1 Å². The Morgan fingerprint density at radius 1 is 1.13 bits per heavy atom. The number of aliphatic imine (C=N–C) groups is 1. The predicted octanol–water partition coefficient (Wildman–Crippen LogP) is 3.34. The van der Waals surface area contributed by atoms with Gasteiger partial charge in [0.2, 0.25) is 0 Å². The molecule has 0 radical (unpaired) electrons. The molecule has 0 aliphatic carbocycles. The van der Waals surface area contributed by atoms with Gasteiger partial charge in [-0.05, 0) is 42.8 Å². The molecule has 8 heteroatoms. The number of benzene rings is 1. The van der Waals surface area contributed by atoms with Crippen LogP contribution in [0.4, 0.5) is 10.1 Å². The number of aryl methyl sites for hydroxylation is 1. The Balaban J connectivity index is 0.00000256. The number of nitrogens with one attached hydrogen (secondary N) is 1. The second-order valence-corrected chi connectivity index (χ2v) is 7.33. The molecule has 1 fully saturated rings. The first-order valence-electron chi connectivity index (χ1n) is 10.0. The van der Waals surface area contributed by atoms with Crippen molar-refractivity contribution in [3.8, 4) is 0 Å². The summed E-state index contributed by atoms with van der Waals surface area (Å²) in [6, 6.07) is 10.8. The summed E-state index contributed by atoms with van der Waals surface area (Å²) in [7, 11) is 1.82. The summed E-state index contributed by atoms with van der Waals surface area (Å²) < 4.78 is 15.2. The molecule has 0 amide bonds. The van der Waals surface area contributed by atoms with Gasteiger partial charge in [0.25, 0.3) is 0 Å². The van der Waals surface area contributed by atoms with Gasteiger partial charge in [-0.1, -0.05) is 6.07 Å². The smallest absolute Gasteiger partial charge is 0.193 e. The van der Waals surface area contributed by atoms with E-state index in [0.29, 0.717) is 0 Å². The number of nitrogens with zero attached hydrogens (tertiary/aromatic N) is 5. The molecular formula is C22H28FIN6. The Labute approximate surface area is 193 Å². The summed E-state index contributed by atoms with van der Waals surface area (Å²) in [6.07, 6.45) is 4.97. The highest BCUT2D eigenvalue weighted by Crippen LogP contribution is 2.17. The maximum atomic E-state index is 13.1. The molecule has 1 aromatic carbocycles. The van der Waals surface area contributed by atoms with Crippen molar-refractivity contribution in [2.45, 2.75) is 13.3 Å². The largest absolute Gasteiger partial charge is 0.368 e. The first-order valence-corrected chi connectivity index (χ1v) is 10.0. The lowest BCUT2D eigenvalue weighted by atomic mass is 10.2. The average Bonchev–Trinajstić information content (AvgIpc) is 3.16. The fourth-order valence-corrected chi connectivity index (χ4v) is 3.79. The van der Waals surface area contributed by atoms with Crippen molar-refractivity contribution in [2.75, 3.05) is 44.7 Å². The molecule has 30 heavy (non-hydrogen) atoms. The third-order valence-electron chi connectivity index (χ3n) is 5.37. The molecule has 1 saturated heterocycles. The van der Waals surface area contributed by atoms with Gasteiger partial charge in [-0.25, -0.2) is 9.37 Å². The minimum Gasteiger partial charge on any atom is -0.368 e. The van der Waals surface area contributed by atoms with E-state index in [-0.39, 0.29) is 29.8 Å². The van der Waals surface area contributed by atoms with E-state index in [4.69, 9.17) is 4.98 Å². The quantitative estimate of drug-likeness (QED) is 0.325. The summed E-state index contributed by atoms with van der Waals surface area (Å²) in [6.45, 7) is 6.40. The van der Waals surface area contributed by atoms with Crippen molar-refractivity contribution < 1.29 is 4.39 Å². The van der Waals surface area contributed by atoms with Crippen LogP contribution in [0, 0.1) is 12.7 Å². The van der Waals surface area contributed by atoms with Crippen molar-refractivity contribution in [1.29, 1.82) is 0 Å². The molecule has 160 valence electrons. The van der Waals surface area contributed by atoms with E-state index in [1.807, 2.05) is 31.4 Å². The van der Waals surface area contributed by atoms with Gasteiger partial charge in [0.15, 0.2) is 5.96 Å². The van der Waals surface area contributed by atoms with Crippen LogP contribution in [0.15, 0.2) is 53.8 Å². The van der Waals surface area contributed by atoms with Crippen LogP contribution in [-0.2, 0) is 6.42 Å². The zero-order valence-electron chi connectivity index (χ0n) is 17.4. The standard InChI is InChI=1S/C22H27FN6.HI/c1-17-4-3-11-29-16-19(26-21(17)29)9-10-25-22(24-2)28-14-12-27(13-15-28)20-7-5-18(23)6-8-20;/h3-8,11,16H,9-10,12-15H2,1-2H3,(H,24,25);1H. The maximum Gasteiger partial charge on any atom is 0.193 e. The number of rotatable bonds is 4. The SMILES string of the molecule is CN=C(NCCc1cn2cccc(C)c2n1)N1CCN(c2ccc(F)cc2)CC1.I. The normalized spacial score (nSPS) is 14.7. The molecule has 1 aliphatic heterocycles. The number of fused-ring (bicyclic) bond motifs is 1. The minimum atomic E-state index is -0.197. The fourth-order valence-electron chi connectivity index (χ4n) is 3.79. The number of piperazine rings is 1. The molecule has 2 aromatic heterocycles. The fraction of sp³-hybridized carbons (Fsp3) is 0.364. The predicted molar refractivity (Wildman–Crippen MR) is 131 cm³/mol. The number of anilines is 1. The number of aromatic nitrogens is 2. The molecule has 0 bridgehead atoms. The molecule has 1 N–H and O–H groups in total. The monoisotopic (exact) mass is 522 g/mol. The second-order valence-electron chi connectivity index (χ2n) is 7.33. The Hall–Kier alpha value is -2.36. The summed E-state index contributed by atoms with van der Waals surface area (Å²) in [5, 5.41) is 3.47. The average molecular weight is 522 g/mol. The van der Waals surface area contributed by atoms with Gasteiger partial charge >= 0.3 is 0 Å². The molecule has 0 spiro atoms. The van der Waals surface area contributed by atoms with Crippen LogP contribution in [0.3, 0.4) is 0 Å². The Morgan fingerprint density at radius 2 is 1.87 bits per heavy atom. The van der Waals surface area contributed by atoms with Crippen LogP contribution in [0.5, 0.6) is 0 Å². The van der Waals surface area contributed by atoms with Gasteiger partial charge in [0.05, 0.1) is 5.69 Å². The molecule has 4 rings (SSSR count). The van der Waals surface area contributed by atoms with Crippen molar-refractivity contribution in [1.82, 2.24) is 19.6 Å². The first-order chi connectivity index (χ1) is 14.1. The highest BCUT2D eigenvalue weighted by molar-refractivity contribution is 14.0. The number of hydrogen-bond donors (Lipinski definition) is 1. The van der Waals surface area contributed by atoms with Crippen LogP contribution < -0.4 is 10.2 Å². The molecule has 6 nitrogen and oxygen atoms in total. The minimum absolute atomic E-state index is 0. The molecule has 3 aromatic rings. The molecule has 1 aliphatic rings. The van der Waals surface area contributed by atoms with Crippen molar-refractivity contribution in [3.63, 3.8) is 0 Å². The Morgan fingerprint density at radius 3 is 2.53 bits per heavy atom. The topological polar surface area (TPSA) is 48.2 Å². The lowest BCUT2D eigenvalue weighted by molar-refractivity contribution is 0.373. The molecule has 0 unspecified atom stereocenters. The van der Waals surface area contributed by atoms with Crippen LogP contribution in [0.1, 0.15) is 11.3 Å². The Kier molecular flexibility index (Phi) is 7.52. The molecule has 0 saturated carbocycles. The second kappa shape index (κ2) is 10.1. The lowest BCUT2D eigenvalue weighted by Crippen LogP contribution is -2.52. The van der Waals surface area contributed by atoms with Gasteiger partial charge in [-0.2, -0.15) is 0 Å².